The van der Waals surface area contributed by atoms with Crippen LogP contribution in [0.1, 0.15) is 52.2 Å². The highest BCUT2D eigenvalue weighted by molar-refractivity contribution is 8.33. The minimum Gasteiger partial charge on any atom is -0.340 e. The Balaban J connectivity index is 1.31. The van der Waals surface area contributed by atoms with Gasteiger partial charge in [0, 0.05) is 34.0 Å². The number of benzene rings is 4. The van der Waals surface area contributed by atoms with Crippen LogP contribution in [-0.2, 0) is 6.42 Å². The Bertz CT molecular complexity index is 1620. The quantitative estimate of drug-likeness (QED) is 0.262. The molecule has 0 N–H and O–H groups in total. The molecule has 2 unspecified atom stereocenters. The lowest BCUT2D eigenvalue weighted by Crippen LogP contribution is -2.18. The summed E-state index contributed by atoms with van der Waals surface area (Å²) in [5.74, 6) is 0. The highest BCUT2D eigenvalue weighted by atomic mass is 32.3. The number of fused-ring (bicyclic) bond motifs is 3. The Kier molecular flexibility index (Phi) is 5.46. The number of hydrogen-bond donors (Lipinski definition) is 0. The lowest BCUT2D eigenvalue weighted by atomic mass is 9.97. The van der Waals surface area contributed by atoms with E-state index in [0.717, 1.165) is 13.0 Å². The third-order valence-electron chi connectivity index (χ3n) is 8.87. The van der Waals surface area contributed by atoms with Gasteiger partial charge in [-0.25, -0.2) is 10.0 Å². The van der Waals surface area contributed by atoms with Gasteiger partial charge in [-0.05, 0) is 78.3 Å². The topological polar surface area (TPSA) is 3.24 Å². The summed E-state index contributed by atoms with van der Waals surface area (Å²) in [6.07, 6.45) is 11.3. The summed E-state index contributed by atoms with van der Waals surface area (Å²) in [5.41, 5.74) is 15.8. The Hall–Kier alpha value is -3.49. The second kappa shape index (κ2) is 8.78. The lowest BCUT2D eigenvalue weighted by molar-refractivity contribution is 0.994. The first-order chi connectivity index (χ1) is 18.4. The summed E-state index contributed by atoms with van der Waals surface area (Å²) in [5, 5.41) is 0.909. The molecule has 1 aliphatic heterocycles. The molecule has 190 valence electrons. The van der Waals surface area contributed by atoms with E-state index in [0.29, 0.717) is 10.5 Å². The molecule has 4 aromatic rings. The molecule has 3 aliphatic rings. The van der Waals surface area contributed by atoms with Gasteiger partial charge in [-0.1, -0.05) is 102 Å². The summed E-state index contributed by atoms with van der Waals surface area (Å²) < 4.78 is 0. The maximum atomic E-state index is 2.58. The molecule has 38 heavy (non-hydrogen) atoms. The van der Waals surface area contributed by atoms with E-state index in [4.69, 9.17) is 0 Å². The van der Waals surface area contributed by atoms with Crippen molar-refractivity contribution in [2.75, 3.05) is 24.0 Å². The number of para-hydroxylation sites is 1. The van der Waals surface area contributed by atoms with Gasteiger partial charge < -0.3 is 4.90 Å². The van der Waals surface area contributed by atoms with E-state index < -0.39 is 10.0 Å². The first-order valence-electron chi connectivity index (χ1n) is 13.7. The Morgan fingerprint density at radius 2 is 1.24 bits per heavy atom. The molecular weight excluding hydrogens is 478 g/mol. The van der Waals surface area contributed by atoms with Gasteiger partial charge >= 0.3 is 0 Å². The van der Waals surface area contributed by atoms with Crippen LogP contribution in [0.2, 0.25) is 0 Å². The summed E-state index contributed by atoms with van der Waals surface area (Å²) >= 11 is 0. The van der Waals surface area contributed by atoms with Crippen molar-refractivity contribution in [2.45, 2.75) is 30.8 Å². The van der Waals surface area contributed by atoms with Crippen LogP contribution in [0, 0.1) is 0 Å². The summed E-state index contributed by atoms with van der Waals surface area (Å²) in [6.45, 7) is 5.79. The van der Waals surface area contributed by atoms with Crippen LogP contribution in [0.3, 0.4) is 0 Å². The minimum absolute atomic E-state index is 0.454. The van der Waals surface area contributed by atoms with Crippen LogP contribution in [0.15, 0.2) is 102 Å². The molecule has 0 saturated carbocycles. The molecule has 2 aliphatic carbocycles. The number of nitrogens with zero attached hydrogens (tertiary/aromatic N) is 1. The van der Waals surface area contributed by atoms with Crippen molar-refractivity contribution in [3.05, 3.63) is 130 Å². The average Bonchev–Trinajstić information content (AvgIpc) is 3.60. The third-order valence-corrected chi connectivity index (χ3v) is 12.6. The second-order valence-electron chi connectivity index (χ2n) is 11.5. The Morgan fingerprint density at radius 3 is 2.00 bits per heavy atom. The van der Waals surface area contributed by atoms with E-state index in [1.165, 1.54) is 61.5 Å². The van der Waals surface area contributed by atoms with Crippen molar-refractivity contribution in [1.29, 1.82) is 0 Å². The van der Waals surface area contributed by atoms with Gasteiger partial charge in [0.05, 0.1) is 0 Å². The molecule has 1 heterocycles. The lowest BCUT2D eigenvalue weighted by Gasteiger charge is -2.46. The molecule has 0 saturated heterocycles. The van der Waals surface area contributed by atoms with E-state index in [1.54, 1.807) is 0 Å². The highest BCUT2D eigenvalue weighted by Gasteiger charge is 2.43. The smallest absolute Gasteiger partial charge is 0.0487 e. The number of hydrogen-bond acceptors (Lipinski definition) is 1. The third kappa shape index (κ3) is 3.47. The van der Waals surface area contributed by atoms with E-state index in [1.807, 2.05) is 0 Å². The molecule has 0 amide bonds. The van der Waals surface area contributed by atoms with Gasteiger partial charge in [-0.15, -0.1) is 0 Å². The van der Waals surface area contributed by atoms with Gasteiger partial charge in [0.25, 0.3) is 0 Å². The number of rotatable bonds is 4. The molecule has 0 aromatic heterocycles. The zero-order valence-corrected chi connectivity index (χ0v) is 23.6. The summed E-state index contributed by atoms with van der Waals surface area (Å²) in [6, 6.07) is 33.8. The van der Waals surface area contributed by atoms with E-state index >= 15 is 0 Å². The average molecular weight is 514 g/mol. The zero-order valence-electron chi connectivity index (χ0n) is 22.7. The van der Waals surface area contributed by atoms with Crippen molar-refractivity contribution in [3.8, 4) is 11.1 Å². The molecule has 0 spiro atoms. The van der Waals surface area contributed by atoms with Crippen molar-refractivity contribution in [3.63, 3.8) is 0 Å². The van der Waals surface area contributed by atoms with Crippen LogP contribution < -0.4 is 4.90 Å². The first-order valence-corrected chi connectivity index (χ1v) is 16.3. The van der Waals surface area contributed by atoms with Gasteiger partial charge in [0.2, 0.25) is 0 Å². The molecule has 2 atom stereocenters. The van der Waals surface area contributed by atoms with Crippen molar-refractivity contribution >= 4 is 33.6 Å². The second-order valence-corrected chi connectivity index (χ2v) is 15.4. The maximum Gasteiger partial charge on any atom is 0.0487 e. The molecule has 2 heteroatoms. The fourth-order valence-electron chi connectivity index (χ4n) is 7.47. The van der Waals surface area contributed by atoms with Crippen LogP contribution in [-0.4, -0.2) is 19.1 Å². The van der Waals surface area contributed by atoms with E-state index in [-0.39, 0.29) is 0 Å². The summed E-state index contributed by atoms with van der Waals surface area (Å²) in [7, 11) is -1.12. The highest BCUT2D eigenvalue weighted by Crippen LogP contribution is 2.72. The van der Waals surface area contributed by atoms with Gasteiger partial charge in [0.1, 0.15) is 0 Å². The van der Waals surface area contributed by atoms with Crippen molar-refractivity contribution in [2.24, 2.45) is 0 Å². The predicted octanol–water partition coefficient (Wildman–Crippen LogP) is 9.73. The van der Waals surface area contributed by atoms with Crippen LogP contribution in [0.25, 0.3) is 23.3 Å². The first kappa shape index (κ1) is 23.6. The molecule has 0 fully saturated rings. The molecular formula is C36H35NS. The molecule has 1 nitrogen and oxygen atoms in total. The Labute approximate surface area is 228 Å². The summed E-state index contributed by atoms with van der Waals surface area (Å²) in [4.78, 5) is 2.55. The Morgan fingerprint density at radius 1 is 0.632 bits per heavy atom. The van der Waals surface area contributed by atoms with Crippen LogP contribution in [0.5, 0.6) is 0 Å². The normalized spacial score (nSPS) is 20.1. The van der Waals surface area contributed by atoms with Crippen molar-refractivity contribution < 1.29 is 0 Å². The van der Waals surface area contributed by atoms with Crippen LogP contribution >= 0.6 is 10.0 Å². The molecule has 0 bridgehead atoms. The van der Waals surface area contributed by atoms with Gasteiger partial charge in [0.15, 0.2) is 0 Å². The van der Waals surface area contributed by atoms with E-state index in [9.17, 15) is 0 Å². The van der Waals surface area contributed by atoms with Crippen molar-refractivity contribution in [1.82, 2.24) is 0 Å². The standard InChI is InChI=1S/C36H35NS/c1-24-22-31-28(26-12-6-5-7-13-26)15-10-16-29(31)35(24)38(3,4)36-25(2)23-32-30(36)17-11-19-34(32)37-21-20-27-14-8-9-18-33(27)37/h5-19,22-23,35-36H,20-21H2,1-4H3. The fraction of sp³-hybridized carbons (Fsp3) is 0.222. The molecule has 7 rings (SSSR count). The SMILES string of the molecule is CC1=Cc2c(-c3ccccc3)cccc2C1S(C)(C)C1C(C)=Cc2c1cccc2N1CCc2ccccc21. The van der Waals surface area contributed by atoms with Crippen LogP contribution in [0.4, 0.5) is 11.4 Å². The van der Waals surface area contributed by atoms with E-state index in [2.05, 4.69) is 134 Å². The van der Waals surface area contributed by atoms with Gasteiger partial charge in [-0.2, -0.15) is 0 Å². The molecule has 4 aromatic carbocycles. The monoisotopic (exact) mass is 513 g/mol. The minimum atomic E-state index is -1.12. The maximum absolute atomic E-state index is 2.58. The largest absolute Gasteiger partial charge is 0.340 e. The predicted molar refractivity (Wildman–Crippen MR) is 168 cm³/mol. The van der Waals surface area contributed by atoms with Gasteiger partial charge in [-0.3, -0.25) is 0 Å². The molecule has 0 radical (unpaired) electrons. The fourth-order valence-corrected chi connectivity index (χ4v) is 11.5. The zero-order chi connectivity index (χ0) is 26.0. The number of anilines is 2.